The van der Waals surface area contributed by atoms with E-state index in [-0.39, 0.29) is 18.5 Å². The molecule has 100 valence electrons. The van der Waals surface area contributed by atoms with Gasteiger partial charge >= 0.3 is 5.97 Å². The first-order valence-electron chi connectivity index (χ1n) is 6.50. The molecule has 19 heavy (non-hydrogen) atoms. The number of nitrogens with zero attached hydrogens (tertiary/aromatic N) is 2. The molecule has 0 bridgehead atoms. The summed E-state index contributed by atoms with van der Waals surface area (Å²) in [6, 6.07) is 7.92. The molecule has 1 aliphatic heterocycles. The number of carbonyl (C=O) groups excluding carboxylic acids is 1. The highest BCUT2D eigenvalue weighted by molar-refractivity contribution is 5.74. The van der Waals surface area contributed by atoms with Crippen LogP contribution in [0.1, 0.15) is 19.3 Å². The summed E-state index contributed by atoms with van der Waals surface area (Å²) in [6.45, 7) is 0.727. The summed E-state index contributed by atoms with van der Waals surface area (Å²) in [4.78, 5) is 15.6. The Hall–Kier alpha value is -1.88. The molecule has 1 N–H and O–H groups in total. The van der Waals surface area contributed by atoms with Gasteiger partial charge < -0.3 is 14.4 Å². The predicted molar refractivity (Wildman–Crippen MR) is 69.5 cm³/mol. The zero-order valence-electron chi connectivity index (χ0n) is 10.5. The molecular formula is C14H16N2O3. The van der Waals surface area contributed by atoms with Crippen LogP contribution in [0.25, 0.3) is 11.0 Å². The molecule has 0 spiro atoms. The second kappa shape index (κ2) is 5.01. The van der Waals surface area contributed by atoms with Gasteiger partial charge in [0.2, 0.25) is 0 Å². The maximum absolute atomic E-state index is 11.3. The molecule has 0 radical (unpaired) electrons. The van der Waals surface area contributed by atoms with E-state index in [1.807, 2.05) is 28.8 Å². The smallest absolute Gasteiger partial charge is 0.308 e. The molecule has 1 aliphatic rings. The van der Waals surface area contributed by atoms with Crippen molar-refractivity contribution in [2.45, 2.75) is 38.0 Å². The minimum Gasteiger partial charge on any atom is -0.462 e. The molecule has 2 heterocycles. The SMILES string of the molecule is O=C1C[C@H](O)C[C@@H](CCn2cnc3ccccc32)O1. The molecule has 0 aliphatic carbocycles. The van der Waals surface area contributed by atoms with Crippen molar-refractivity contribution in [1.82, 2.24) is 9.55 Å². The highest BCUT2D eigenvalue weighted by Crippen LogP contribution is 2.19. The van der Waals surface area contributed by atoms with E-state index in [1.165, 1.54) is 0 Å². The number of cyclic esters (lactones) is 1. The number of aromatic nitrogens is 2. The van der Waals surface area contributed by atoms with E-state index in [1.54, 1.807) is 6.33 Å². The fourth-order valence-corrected chi connectivity index (χ4v) is 2.51. The number of carbonyl (C=O) groups is 1. The number of para-hydroxylation sites is 2. The lowest BCUT2D eigenvalue weighted by molar-refractivity contribution is -0.160. The van der Waals surface area contributed by atoms with Crippen LogP contribution in [0.5, 0.6) is 0 Å². The number of aliphatic hydroxyl groups is 1. The summed E-state index contributed by atoms with van der Waals surface area (Å²) in [5, 5.41) is 9.56. The molecule has 5 nitrogen and oxygen atoms in total. The molecule has 2 aromatic rings. The summed E-state index contributed by atoms with van der Waals surface area (Å²) in [6.07, 6.45) is 2.38. The number of benzene rings is 1. The van der Waals surface area contributed by atoms with E-state index in [4.69, 9.17) is 4.74 Å². The van der Waals surface area contributed by atoms with Crippen molar-refractivity contribution < 1.29 is 14.6 Å². The summed E-state index contributed by atoms with van der Waals surface area (Å²) in [5.41, 5.74) is 2.04. The van der Waals surface area contributed by atoms with Gasteiger partial charge in [-0.3, -0.25) is 4.79 Å². The highest BCUT2D eigenvalue weighted by atomic mass is 16.5. The van der Waals surface area contributed by atoms with Crippen molar-refractivity contribution >= 4 is 17.0 Å². The first kappa shape index (κ1) is 12.2. The molecule has 0 amide bonds. The molecule has 1 aromatic carbocycles. The molecule has 3 rings (SSSR count). The van der Waals surface area contributed by atoms with Gasteiger partial charge in [0.05, 0.1) is 29.9 Å². The Morgan fingerprint density at radius 1 is 1.42 bits per heavy atom. The van der Waals surface area contributed by atoms with Gasteiger partial charge in [0.1, 0.15) is 6.10 Å². The number of ether oxygens (including phenoxy) is 1. The molecule has 2 atom stereocenters. The van der Waals surface area contributed by atoms with Crippen LogP contribution in [0.4, 0.5) is 0 Å². The van der Waals surface area contributed by atoms with Crippen LogP contribution < -0.4 is 0 Å². The fourth-order valence-electron chi connectivity index (χ4n) is 2.51. The fraction of sp³-hybridized carbons (Fsp3) is 0.429. The van der Waals surface area contributed by atoms with Crippen molar-refractivity contribution in [3.05, 3.63) is 30.6 Å². The van der Waals surface area contributed by atoms with E-state index in [0.29, 0.717) is 12.8 Å². The molecule has 0 unspecified atom stereocenters. The Morgan fingerprint density at radius 2 is 2.26 bits per heavy atom. The average molecular weight is 260 g/mol. The third-order valence-electron chi connectivity index (χ3n) is 3.45. The number of fused-ring (bicyclic) bond motifs is 1. The summed E-state index contributed by atoms with van der Waals surface area (Å²) in [5.74, 6) is -0.306. The first-order valence-corrected chi connectivity index (χ1v) is 6.50. The van der Waals surface area contributed by atoms with E-state index < -0.39 is 6.10 Å². The van der Waals surface area contributed by atoms with Crippen LogP contribution in [0.3, 0.4) is 0 Å². The maximum atomic E-state index is 11.3. The average Bonchev–Trinajstić information content (AvgIpc) is 2.78. The number of hydrogen-bond acceptors (Lipinski definition) is 4. The standard InChI is InChI=1S/C14H16N2O3/c17-10-7-11(19-14(18)8-10)5-6-16-9-15-12-3-1-2-4-13(12)16/h1-4,9-11,17H,5-8H2/t10-,11-/m1/s1. The summed E-state index contributed by atoms with van der Waals surface area (Å²) >= 11 is 0. The van der Waals surface area contributed by atoms with Crippen molar-refractivity contribution in [3.8, 4) is 0 Å². The van der Waals surface area contributed by atoms with Gasteiger partial charge in [0, 0.05) is 19.4 Å². The Kier molecular flexibility index (Phi) is 3.21. The molecule has 0 saturated carbocycles. The van der Waals surface area contributed by atoms with Crippen LogP contribution in [0.2, 0.25) is 0 Å². The van der Waals surface area contributed by atoms with Crippen molar-refractivity contribution in [1.29, 1.82) is 0 Å². The lowest BCUT2D eigenvalue weighted by Crippen LogP contribution is -2.33. The van der Waals surface area contributed by atoms with Gasteiger partial charge in [0.25, 0.3) is 0 Å². The normalized spacial score (nSPS) is 23.5. The van der Waals surface area contributed by atoms with Gasteiger partial charge in [-0.1, -0.05) is 12.1 Å². The molecule has 5 heteroatoms. The molecular weight excluding hydrogens is 244 g/mol. The number of aryl methyl sites for hydroxylation is 1. The number of imidazole rings is 1. The quantitative estimate of drug-likeness (QED) is 0.849. The minimum atomic E-state index is -0.564. The zero-order valence-corrected chi connectivity index (χ0v) is 10.5. The number of esters is 1. The van der Waals surface area contributed by atoms with Crippen molar-refractivity contribution in [2.24, 2.45) is 0 Å². The Balaban J connectivity index is 1.67. The number of hydrogen-bond donors (Lipinski definition) is 1. The lowest BCUT2D eigenvalue weighted by Gasteiger charge is -2.26. The molecule has 1 fully saturated rings. The highest BCUT2D eigenvalue weighted by Gasteiger charge is 2.26. The van der Waals surface area contributed by atoms with Crippen LogP contribution in [0.15, 0.2) is 30.6 Å². The van der Waals surface area contributed by atoms with Crippen LogP contribution >= 0.6 is 0 Å². The van der Waals surface area contributed by atoms with E-state index in [9.17, 15) is 9.90 Å². The summed E-state index contributed by atoms with van der Waals surface area (Å²) < 4.78 is 7.28. The minimum absolute atomic E-state index is 0.116. The van der Waals surface area contributed by atoms with Crippen LogP contribution in [-0.4, -0.2) is 32.8 Å². The largest absolute Gasteiger partial charge is 0.462 e. The van der Waals surface area contributed by atoms with E-state index in [2.05, 4.69) is 4.98 Å². The second-order valence-electron chi connectivity index (χ2n) is 4.92. The molecule has 1 saturated heterocycles. The van der Waals surface area contributed by atoms with Gasteiger partial charge in [-0.15, -0.1) is 0 Å². The maximum Gasteiger partial charge on any atom is 0.308 e. The topological polar surface area (TPSA) is 64.3 Å². The summed E-state index contributed by atoms with van der Waals surface area (Å²) in [7, 11) is 0. The number of rotatable bonds is 3. The second-order valence-corrected chi connectivity index (χ2v) is 4.92. The zero-order chi connectivity index (χ0) is 13.2. The third kappa shape index (κ3) is 2.61. The first-order chi connectivity index (χ1) is 9.22. The number of aliphatic hydroxyl groups excluding tert-OH is 1. The lowest BCUT2D eigenvalue weighted by atomic mass is 10.0. The van der Waals surface area contributed by atoms with Gasteiger partial charge in [0.15, 0.2) is 0 Å². The third-order valence-corrected chi connectivity index (χ3v) is 3.45. The Labute approximate surface area is 110 Å². The molecule has 1 aromatic heterocycles. The Bertz CT molecular complexity index is 593. The van der Waals surface area contributed by atoms with Gasteiger partial charge in [-0.05, 0) is 12.1 Å². The predicted octanol–water partition coefficient (Wildman–Crippen LogP) is 1.49. The van der Waals surface area contributed by atoms with Crippen molar-refractivity contribution in [3.63, 3.8) is 0 Å². The van der Waals surface area contributed by atoms with E-state index >= 15 is 0 Å². The monoisotopic (exact) mass is 260 g/mol. The van der Waals surface area contributed by atoms with Gasteiger partial charge in [-0.2, -0.15) is 0 Å². The Morgan fingerprint density at radius 3 is 3.11 bits per heavy atom. The van der Waals surface area contributed by atoms with E-state index in [0.717, 1.165) is 17.6 Å². The van der Waals surface area contributed by atoms with Crippen LogP contribution in [0, 0.1) is 0 Å². The van der Waals surface area contributed by atoms with Crippen molar-refractivity contribution in [2.75, 3.05) is 0 Å². The van der Waals surface area contributed by atoms with Gasteiger partial charge in [-0.25, -0.2) is 4.98 Å². The van der Waals surface area contributed by atoms with Crippen LogP contribution in [-0.2, 0) is 16.1 Å².